The smallest absolute Gasteiger partial charge is 0.248 e. The van der Waals surface area contributed by atoms with Crippen molar-refractivity contribution in [1.82, 2.24) is 24.3 Å². The number of carbonyl (C=O) groups excluding carboxylic acids is 2. The fraction of sp³-hybridized carbons (Fsp3) is 0.400. The number of anilines is 2. The first-order valence-corrected chi connectivity index (χ1v) is 13.6. The van der Waals surface area contributed by atoms with E-state index in [-0.39, 0.29) is 17.7 Å². The van der Waals surface area contributed by atoms with Gasteiger partial charge < -0.3 is 25.4 Å². The van der Waals surface area contributed by atoms with Gasteiger partial charge in [-0.1, -0.05) is 24.3 Å². The van der Waals surface area contributed by atoms with Gasteiger partial charge in [-0.25, -0.2) is 9.97 Å². The van der Waals surface area contributed by atoms with E-state index in [1.165, 1.54) is 11.9 Å². The highest BCUT2D eigenvalue weighted by atomic mass is 16.2. The van der Waals surface area contributed by atoms with Crippen LogP contribution in [-0.2, 0) is 16.6 Å². The van der Waals surface area contributed by atoms with Crippen LogP contribution in [0.5, 0.6) is 0 Å². The summed E-state index contributed by atoms with van der Waals surface area (Å²) < 4.78 is 2.06. The molecule has 1 aliphatic heterocycles. The number of aromatic nitrogens is 3. The van der Waals surface area contributed by atoms with E-state index in [2.05, 4.69) is 25.9 Å². The van der Waals surface area contributed by atoms with Gasteiger partial charge in [-0.05, 0) is 69.5 Å². The van der Waals surface area contributed by atoms with E-state index >= 15 is 0 Å². The van der Waals surface area contributed by atoms with Crippen LogP contribution < -0.4 is 11.1 Å². The maximum atomic E-state index is 13.0. The molecule has 0 spiro atoms. The number of aryl methyl sites for hydroxylation is 1. The highest BCUT2D eigenvalue weighted by molar-refractivity contribution is 6.04. The minimum absolute atomic E-state index is 0.0357. The fourth-order valence-electron chi connectivity index (χ4n) is 5.67. The summed E-state index contributed by atoms with van der Waals surface area (Å²) in [4.78, 5) is 38.2. The Kier molecular flexibility index (Phi) is 7.79. The largest absolute Gasteiger partial charge is 0.383 e. The molecule has 1 saturated heterocycles. The second-order valence-corrected chi connectivity index (χ2v) is 10.7. The molecular weight excluding hydrogens is 490 g/mol. The molecule has 3 aromatic rings. The first-order valence-electron chi connectivity index (χ1n) is 13.6. The van der Waals surface area contributed by atoms with Crippen molar-refractivity contribution in [3.8, 4) is 11.3 Å². The molecule has 0 unspecified atom stereocenters. The number of nitrogens with one attached hydrogen (secondary N) is 1. The third-order valence-corrected chi connectivity index (χ3v) is 7.66. The number of benzene rings is 1. The predicted octanol–water partition coefficient (Wildman–Crippen LogP) is 4.08. The van der Waals surface area contributed by atoms with E-state index in [1.807, 2.05) is 61.3 Å². The molecule has 3 heterocycles. The van der Waals surface area contributed by atoms with Gasteiger partial charge in [-0.15, -0.1) is 0 Å². The zero-order valence-corrected chi connectivity index (χ0v) is 23.0. The van der Waals surface area contributed by atoms with Crippen LogP contribution >= 0.6 is 0 Å². The third-order valence-electron chi connectivity index (χ3n) is 7.66. The molecule has 9 heteroatoms. The number of hydrogen-bond acceptors (Lipinski definition) is 6. The van der Waals surface area contributed by atoms with Crippen LogP contribution in [0.1, 0.15) is 37.7 Å². The monoisotopic (exact) mass is 527 g/mol. The summed E-state index contributed by atoms with van der Waals surface area (Å²) in [6.07, 6.45) is 11.6. The van der Waals surface area contributed by atoms with Crippen molar-refractivity contribution in [2.45, 2.75) is 32.1 Å². The van der Waals surface area contributed by atoms with E-state index in [9.17, 15) is 9.59 Å². The first-order chi connectivity index (χ1) is 18.8. The number of carbonyl (C=O) groups is 2. The van der Waals surface area contributed by atoms with Gasteiger partial charge in [0, 0.05) is 49.9 Å². The molecule has 0 bridgehead atoms. The van der Waals surface area contributed by atoms with Crippen molar-refractivity contribution < 1.29 is 9.59 Å². The number of nitrogen functional groups attached to an aromatic ring is 1. The maximum absolute atomic E-state index is 13.0. The Morgan fingerprint density at radius 2 is 1.90 bits per heavy atom. The lowest BCUT2D eigenvalue weighted by Gasteiger charge is -2.26. The predicted molar refractivity (Wildman–Crippen MR) is 156 cm³/mol. The molecule has 2 aromatic heterocycles. The molecule has 1 aromatic carbocycles. The molecule has 5 rings (SSSR count). The number of likely N-dealkylation sites (N-methyl/N-ethyl adjacent to an activating group) is 1. The first kappa shape index (κ1) is 26.6. The summed E-state index contributed by atoms with van der Waals surface area (Å²) in [5.74, 6) is 0.608. The van der Waals surface area contributed by atoms with Crippen LogP contribution in [0.25, 0.3) is 27.9 Å². The summed E-state index contributed by atoms with van der Waals surface area (Å²) in [5.41, 5.74) is 12.1. The average Bonchev–Trinajstić information content (AvgIpc) is 3.56. The minimum Gasteiger partial charge on any atom is -0.383 e. The summed E-state index contributed by atoms with van der Waals surface area (Å²) in [6.45, 7) is 2.47. The highest BCUT2D eigenvalue weighted by Gasteiger charge is 2.30. The molecule has 1 fully saturated rings. The van der Waals surface area contributed by atoms with Crippen LogP contribution in [0.3, 0.4) is 0 Å². The normalized spacial score (nSPS) is 17.8. The number of hydrogen-bond donors (Lipinski definition) is 2. The van der Waals surface area contributed by atoms with E-state index in [4.69, 9.17) is 5.73 Å². The summed E-state index contributed by atoms with van der Waals surface area (Å²) in [7, 11) is 5.90. The van der Waals surface area contributed by atoms with Crippen LogP contribution in [0, 0.1) is 5.92 Å². The Balaban J connectivity index is 1.45. The Labute approximate surface area is 229 Å². The number of fused-ring (bicyclic) bond motifs is 1. The molecule has 2 amide bonds. The van der Waals surface area contributed by atoms with Gasteiger partial charge in [0.2, 0.25) is 11.8 Å². The SMILES string of the molecule is CN(C)C/C=C/C(=O)Nc1ccc(-c2c(C3=CC[C@H](C(=O)N4CCCC4)CC3)c3c(N)ncnc3n2C)cc1. The molecule has 39 heavy (non-hydrogen) atoms. The second kappa shape index (κ2) is 11.4. The van der Waals surface area contributed by atoms with Crippen LogP contribution in [0.2, 0.25) is 0 Å². The third kappa shape index (κ3) is 5.59. The number of amides is 2. The Hall–Kier alpha value is -3.98. The Morgan fingerprint density at radius 1 is 1.15 bits per heavy atom. The zero-order chi connectivity index (χ0) is 27.5. The van der Waals surface area contributed by atoms with Gasteiger partial charge >= 0.3 is 0 Å². The van der Waals surface area contributed by atoms with Gasteiger partial charge in [-0.2, -0.15) is 0 Å². The lowest BCUT2D eigenvalue weighted by atomic mass is 9.84. The van der Waals surface area contributed by atoms with Gasteiger partial charge in [0.1, 0.15) is 17.8 Å². The Bertz CT molecular complexity index is 1430. The van der Waals surface area contributed by atoms with E-state index < -0.39 is 0 Å². The standard InChI is InChI=1S/C30H37N7O2/c1-35(2)16-6-7-24(38)34-23-14-12-21(13-15-23)27-25(26-28(31)32-19-33-29(26)36(27)3)20-8-10-22(11-9-20)30(39)37-17-4-5-18-37/h6-8,12-15,19,22H,4-5,9-11,16-18H2,1-3H3,(H,34,38)(H2,31,32,33)/b7-6+/t22-/m0/s1. The molecule has 1 aliphatic carbocycles. The number of nitrogens with two attached hydrogens (primary N) is 1. The van der Waals surface area contributed by atoms with Gasteiger partial charge in [-0.3, -0.25) is 9.59 Å². The molecule has 204 valence electrons. The highest BCUT2D eigenvalue weighted by Crippen LogP contribution is 2.43. The van der Waals surface area contributed by atoms with E-state index in [0.717, 1.165) is 78.7 Å². The summed E-state index contributed by atoms with van der Waals surface area (Å²) in [6, 6.07) is 7.82. The van der Waals surface area contributed by atoms with Crippen molar-refractivity contribution in [1.29, 1.82) is 0 Å². The summed E-state index contributed by atoms with van der Waals surface area (Å²) >= 11 is 0. The van der Waals surface area contributed by atoms with Crippen LogP contribution in [0.4, 0.5) is 11.5 Å². The molecule has 9 nitrogen and oxygen atoms in total. The summed E-state index contributed by atoms with van der Waals surface area (Å²) in [5, 5.41) is 3.76. The van der Waals surface area contributed by atoms with Crippen molar-refractivity contribution >= 4 is 39.9 Å². The van der Waals surface area contributed by atoms with Crippen molar-refractivity contribution in [2.24, 2.45) is 13.0 Å². The topological polar surface area (TPSA) is 109 Å². The Morgan fingerprint density at radius 3 is 2.56 bits per heavy atom. The number of allylic oxidation sites excluding steroid dienone is 2. The zero-order valence-electron chi connectivity index (χ0n) is 23.0. The van der Waals surface area contributed by atoms with Gasteiger partial charge in [0.15, 0.2) is 0 Å². The maximum Gasteiger partial charge on any atom is 0.248 e. The lowest BCUT2D eigenvalue weighted by Crippen LogP contribution is -2.34. The molecular formula is C30H37N7O2. The number of nitrogens with zero attached hydrogens (tertiary/aromatic N) is 5. The molecule has 0 saturated carbocycles. The van der Waals surface area contributed by atoms with E-state index in [1.54, 1.807) is 6.08 Å². The van der Waals surface area contributed by atoms with Crippen LogP contribution in [0.15, 0.2) is 48.8 Å². The molecule has 3 N–H and O–H groups in total. The minimum atomic E-state index is -0.164. The quantitative estimate of drug-likeness (QED) is 0.448. The van der Waals surface area contributed by atoms with Gasteiger partial charge in [0.05, 0.1) is 11.1 Å². The lowest BCUT2D eigenvalue weighted by molar-refractivity contribution is -0.134. The molecule has 0 radical (unpaired) electrons. The molecule has 1 atom stereocenters. The number of likely N-dealkylation sites (tertiary alicyclic amines) is 1. The fourth-order valence-corrected chi connectivity index (χ4v) is 5.67. The van der Waals surface area contributed by atoms with Gasteiger partial charge in [0.25, 0.3) is 0 Å². The average molecular weight is 528 g/mol. The van der Waals surface area contributed by atoms with Crippen molar-refractivity contribution in [2.75, 3.05) is 44.8 Å². The van der Waals surface area contributed by atoms with Crippen LogP contribution in [-0.4, -0.2) is 69.9 Å². The van der Waals surface area contributed by atoms with Crippen molar-refractivity contribution in [3.63, 3.8) is 0 Å². The number of rotatable bonds is 7. The second-order valence-electron chi connectivity index (χ2n) is 10.7. The van der Waals surface area contributed by atoms with E-state index in [0.29, 0.717) is 12.4 Å². The molecule has 2 aliphatic rings. The van der Waals surface area contributed by atoms with Crippen molar-refractivity contribution in [3.05, 3.63) is 54.4 Å².